The first-order valence-corrected chi connectivity index (χ1v) is 8.18. The highest BCUT2D eigenvalue weighted by atomic mass is 79.9. The van der Waals surface area contributed by atoms with E-state index in [1.807, 2.05) is 18.3 Å². The number of piperidine rings is 1. The van der Waals surface area contributed by atoms with Crippen molar-refractivity contribution in [2.45, 2.75) is 19.3 Å². The fourth-order valence-corrected chi connectivity index (χ4v) is 3.49. The molecule has 3 N–H and O–H groups in total. The van der Waals surface area contributed by atoms with E-state index >= 15 is 0 Å². The highest BCUT2D eigenvalue weighted by Crippen LogP contribution is 2.33. The average Bonchev–Trinajstić information content (AvgIpc) is 2.49. The van der Waals surface area contributed by atoms with Gasteiger partial charge in [-0.25, -0.2) is 0 Å². The lowest BCUT2D eigenvalue weighted by Crippen LogP contribution is -2.36. The summed E-state index contributed by atoms with van der Waals surface area (Å²) in [4.78, 5) is 6.95. The van der Waals surface area contributed by atoms with Crippen molar-refractivity contribution in [3.63, 3.8) is 0 Å². The van der Waals surface area contributed by atoms with E-state index in [4.69, 9.17) is 10.8 Å². The number of nitrogens with zero attached hydrogens (tertiary/aromatic N) is 2. The van der Waals surface area contributed by atoms with E-state index in [-0.39, 0.29) is 6.61 Å². The van der Waals surface area contributed by atoms with Crippen molar-refractivity contribution in [3.05, 3.63) is 28.9 Å². The number of halogens is 1. The third kappa shape index (κ3) is 2.99. The van der Waals surface area contributed by atoms with Gasteiger partial charge in [0.2, 0.25) is 0 Å². The van der Waals surface area contributed by atoms with Crippen molar-refractivity contribution in [2.75, 3.05) is 30.3 Å². The van der Waals surface area contributed by atoms with Crippen LogP contribution in [0.4, 0.5) is 11.4 Å². The largest absolute Gasteiger partial charge is 0.398 e. The van der Waals surface area contributed by atoms with Gasteiger partial charge < -0.3 is 15.7 Å². The van der Waals surface area contributed by atoms with Gasteiger partial charge in [0.15, 0.2) is 0 Å². The molecule has 5 heteroatoms. The molecule has 0 aliphatic carbocycles. The van der Waals surface area contributed by atoms with Crippen LogP contribution in [0.5, 0.6) is 0 Å². The van der Waals surface area contributed by atoms with Crippen molar-refractivity contribution >= 4 is 38.2 Å². The van der Waals surface area contributed by atoms with Crippen LogP contribution in [0.3, 0.4) is 0 Å². The summed E-state index contributed by atoms with van der Waals surface area (Å²) in [7, 11) is 0. The highest BCUT2D eigenvalue weighted by molar-refractivity contribution is 9.10. The van der Waals surface area contributed by atoms with Crippen molar-refractivity contribution in [1.29, 1.82) is 0 Å². The quantitative estimate of drug-likeness (QED) is 0.835. The van der Waals surface area contributed by atoms with Crippen molar-refractivity contribution in [3.8, 4) is 0 Å². The minimum Gasteiger partial charge on any atom is -0.398 e. The number of pyridine rings is 1. The molecule has 2 heterocycles. The van der Waals surface area contributed by atoms with Gasteiger partial charge in [-0.3, -0.25) is 4.98 Å². The van der Waals surface area contributed by atoms with E-state index in [9.17, 15) is 0 Å². The van der Waals surface area contributed by atoms with Crippen LogP contribution < -0.4 is 10.6 Å². The van der Waals surface area contributed by atoms with Gasteiger partial charge in [0, 0.05) is 41.4 Å². The lowest BCUT2D eigenvalue weighted by atomic mass is 9.94. The molecular weight excluding hydrogens is 330 g/mol. The van der Waals surface area contributed by atoms with Crippen LogP contribution in [0, 0.1) is 5.92 Å². The number of aliphatic hydroxyl groups excluding tert-OH is 1. The minimum atomic E-state index is 0.270. The van der Waals surface area contributed by atoms with E-state index in [0.29, 0.717) is 5.92 Å². The monoisotopic (exact) mass is 349 g/mol. The molecule has 1 aliphatic heterocycles. The minimum absolute atomic E-state index is 0.270. The van der Waals surface area contributed by atoms with Crippen LogP contribution in [-0.4, -0.2) is 29.8 Å². The van der Waals surface area contributed by atoms with Gasteiger partial charge >= 0.3 is 0 Å². The smallest absolute Gasteiger partial charge is 0.0956 e. The number of aliphatic hydroxyl groups is 1. The number of fused-ring (bicyclic) bond motifs is 1. The van der Waals surface area contributed by atoms with Gasteiger partial charge in [-0.05, 0) is 59.3 Å². The zero-order valence-electron chi connectivity index (χ0n) is 11.9. The number of nitrogen functional groups attached to an aromatic ring is 1. The predicted molar refractivity (Wildman–Crippen MR) is 90.5 cm³/mol. The molecule has 1 saturated heterocycles. The Hall–Kier alpha value is -1.33. The summed E-state index contributed by atoms with van der Waals surface area (Å²) in [6, 6.07) is 6.05. The number of benzene rings is 1. The van der Waals surface area contributed by atoms with Gasteiger partial charge in [-0.2, -0.15) is 0 Å². The number of nitrogens with two attached hydrogens (primary N) is 1. The fourth-order valence-electron chi connectivity index (χ4n) is 3.16. The molecule has 0 bridgehead atoms. The molecule has 2 aromatic rings. The Morgan fingerprint density at radius 3 is 3.10 bits per heavy atom. The third-order valence-electron chi connectivity index (χ3n) is 4.23. The molecule has 1 aromatic heterocycles. The van der Waals surface area contributed by atoms with Crippen molar-refractivity contribution < 1.29 is 5.11 Å². The molecule has 0 radical (unpaired) electrons. The van der Waals surface area contributed by atoms with Crippen molar-refractivity contribution in [1.82, 2.24) is 4.98 Å². The summed E-state index contributed by atoms with van der Waals surface area (Å²) in [6.07, 6.45) is 5.05. The molecular formula is C16H20BrN3O. The molecule has 4 nitrogen and oxygen atoms in total. The Morgan fingerprint density at radius 1 is 1.43 bits per heavy atom. The van der Waals surface area contributed by atoms with Gasteiger partial charge in [-0.15, -0.1) is 0 Å². The Balaban J connectivity index is 1.98. The van der Waals surface area contributed by atoms with Crippen LogP contribution >= 0.6 is 15.9 Å². The number of hydrogen-bond acceptors (Lipinski definition) is 4. The molecule has 112 valence electrons. The Kier molecular flexibility index (Phi) is 4.31. The first-order chi connectivity index (χ1) is 10.2. The highest BCUT2D eigenvalue weighted by Gasteiger charge is 2.21. The third-order valence-corrected chi connectivity index (χ3v) is 4.66. The molecule has 3 rings (SSSR count). The molecule has 1 aliphatic rings. The zero-order chi connectivity index (χ0) is 14.8. The van der Waals surface area contributed by atoms with Crippen LogP contribution in [0.1, 0.15) is 19.3 Å². The van der Waals surface area contributed by atoms with E-state index in [2.05, 4.69) is 31.9 Å². The van der Waals surface area contributed by atoms with Crippen LogP contribution in [0.2, 0.25) is 0 Å². The molecule has 0 saturated carbocycles. The fraction of sp³-hybridized carbons (Fsp3) is 0.438. The Labute approximate surface area is 133 Å². The topological polar surface area (TPSA) is 62.4 Å². The average molecular weight is 350 g/mol. The standard InChI is InChI=1S/C16H20BrN3O/c17-12-8-13-14(18)3-4-15(16(13)19-9-12)20-6-1-2-11(10-20)5-7-21/h3-4,8-9,11,21H,1-2,5-7,10,18H2. The van der Waals surface area contributed by atoms with Gasteiger partial charge in [0.1, 0.15) is 0 Å². The summed E-state index contributed by atoms with van der Waals surface area (Å²) >= 11 is 3.46. The summed E-state index contributed by atoms with van der Waals surface area (Å²) in [5.74, 6) is 0.562. The second kappa shape index (κ2) is 6.20. The number of anilines is 2. The predicted octanol–water partition coefficient (Wildman–Crippen LogP) is 3.18. The summed E-state index contributed by atoms with van der Waals surface area (Å²) < 4.78 is 0.940. The van der Waals surface area contributed by atoms with Crippen molar-refractivity contribution in [2.24, 2.45) is 5.92 Å². The normalized spacial score (nSPS) is 19.1. The van der Waals surface area contributed by atoms with Crippen LogP contribution in [-0.2, 0) is 0 Å². The summed E-state index contributed by atoms with van der Waals surface area (Å²) in [6.45, 7) is 2.29. The Morgan fingerprint density at radius 2 is 2.29 bits per heavy atom. The molecule has 1 atom stereocenters. The van der Waals surface area contributed by atoms with Gasteiger partial charge in [-0.1, -0.05) is 0 Å². The second-order valence-corrected chi connectivity index (χ2v) is 6.61. The van der Waals surface area contributed by atoms with E-state index in [1.165, 1.54) is 6.42 Å². The lowest BCUT2D eigenvalue weighted by Gasteiger charge is -2.34. The second-order valence-electron chi connectivity index (χ2n) is 5.69. The molecule has 1 unspecified atom stereocenters. The van der Waals surface area contributed by atoms with E-state index in [0.717, 1.165) is 52.7 Å². The first-order valence-electron chi connectivity index (χ1n) is 7.38. The SMILES string of the molecule is Nc1ccc(N2CCCC(CCO)C2)c2ncc(Br)cc12. The number of aromatic nitrogens is 1. The maximum absolute atomic E-state index is 9.16. The number of hydrogen-bond donors (Lipinski definition) is 2. The van der Waals surface area contributed by atoms with E-state index < -0.39 is 0 Å². The lowest BCUT2D eigenvalue weighted by molar-refractivity contribution is 0.244. The first kappa shape index (κ1) is 14.6. The van der Waals surface area contributed by atoms with Crippen LogP contribution in [0.25, 0.3) is 10.9 Å². The molecule has 0 spiro atoms. The van der Waals surface area contributed by atoms with Gasteiger partial charge in [0.25, 0.3) is 0 Å². The molecule has 21 heavy (non-hydrogen) atoms. The van der Waals surface area contributed by atoms with Gasteiger partial charge in [0.05, 0.1) is 11.2 Å². The number of rotatable bonds is 3. The van der Waals surface area contributed by atoms with E-state index in [1.54, 1.807) is 0 Å². The molecule has 0 amide bonds. The maximum atomic E-state index is 9.16. The Bertz CT molecular complexity index is 645. The summed E-state index contributed by atoms with van der Waals surface area (Å²) in [5, 5.41) is 10.2. The molecule has 1 aromatic carbocycles. The zero-order valence-corrected chi connectivity index (χ0v) is 13.5. The summed E-state index contributed by atoms with van der Waals surface area (Å²) in [5.41, 5.74) is 8.95. The molecule has 1 fully saturated rings. The maximum Gasteiger partial charge on any atom is 0.0956 e. The van der Waals surface area contributed by atoms with Crippen LogP contribution in [0.15, 0.2) is 28.9 Å².